The molecule has 8 aromatic carbocycles. The summed E-state index contributed by atoms with van der Waals surface area (Å²) in [6, 6.07) is 72.7. The first kappa shape index (κ1) is 32.7. The molecule has 0 radical (unpaired) electrons. The maximum atomic E-state index is 2.38. The number of fused-ring (bicyclic) bond motifs is 4. The first-order chi connectivity index (χ1) is 27.0. The average Bonchev–Trinajstić information content (AvgIpc) is 3.74. The van der Waals surface area contributed by atoms with E-state index in [1.54, 1.807) is 0 Å². The highest BCUT2D eigenvalue weighted by Crippen LogP contribution is 2.50. The summed E-state index contributed by atoms with van der Waals surface area (Å²) in [7, 11) is 0. The van der Waals surface area contributed by atoms with Gasteiger partial charge in [0.05, 0.1) is 5.52 Å². The minimum atomic E-state index is -0.0289. The summed E-state index contributed by atoms with van der Waals surface area (Å²) in [6.45, 7) is 4.67. The van der Waals surface area contributed by atoms with Crippen LogP contribution >= 0.6 is 0 Å². The number of aromatic nitrogens is 1. The van der Waals surface area contributed by atoms with Crippen molar-refractivity contribution in [2.45, 2.75) is 19.3 Å². The topological polar surface area (TPSA) is 8.17 Å². The lowest BCUT2D eigenvalue weighted by Crippen LogP contribution is -2.15. The fourth-order valence-electron chi connectivity index (χ4n) is 8.61. The van der Waals surface area contributed by atoms with Crippen LogP contribution < -0.4 is 4.90 Å². The minimum absolute atomic E-state index is 0.0289. The third kappa shape index (κ3) is 5.66. The molecule has 0 N–H and O–H groups in total. The molecule has 0 fully saturated rings. The molecule has 2 nitrogen and oxygen atoms in total. The van der Waals surface area contributed by atoms with Crippen molar-refractivity contribution in [2.24, 2.45) is 0 Å². The zero-order chi connectivity index (χ0) is 36.9. The smallest absolute Gasteiger partial charge is 0.0535 e. The van der Waals surface area contributed by atoms with E-state index in [-0.39, 0.29) is 5.41 Å². The summed E-state index contributed by atoms with van der Waals surface area (Å²) in [5.74, 6) is 0. The van der Waals surface area contributed by atoms with Gasteiger partial charge in [-0.3, -0.25) is 0 Å². The largest absolute Gasteiger partial charge is 0.316 e. The van der Waals surface area contributed by atoms with E-state index in [0.29, 0.717) is 0 Å². The van der Waals surface area contributed by atoms with E-state index >= 15 is 0 Å². The highest BCUT2D eigenvalue weighted by molar-refractivity contribution is 6.00. The van der Waals surface area contributed by atoms with Gasteiger partial charge in [0, 0.05) is 45.3 Å². The normalized spacial score (nSPS) is 12.7. The maximum Gasteiger partial charge on any atom is 0.0535 e. The Balaban J connectivity index is 1.04. The molecule has 0 bridgehead atoms. The Kier molecular flexibility index (Phi) is 7.85. The zero-order valence-corrected chi connectivity index (χ0v) is 31.0. The van der Waals surface area contributed by atoms with E-state index in [2.05, 4.69) is 230 Å². The van der Waals surface area contributed by atoms with Crippen molar-refractivity contribution < 1.29 is 0 Å². The van der Waals surface area contributed by atoms with E-state index in [9.17, 15) is 0 Å². The first-order valence-electron chi connectivity index (χ1n) is 19.1. The molecule has 0 aliphatic heterocycles. The van der Waals surface area contributed by atoms with E-state index in [0.717, 1.165) is 22.7 Å². The van der Waals surface area contributed by atoms with Crippen molar-refractivity contribution in [1.29, 1.82) is 0 Å². The number of para-hydroxylation sites is 2. The highest BCUT2D eigenvalue weighted by atomic mass is 15.1. The van der Waals surface area contributed by atoms with Crippen LogP contribution in [0.5, 0.6) is 0 Å². The van der Waals surface area contributed by atoms with Gasteiger partial charge >= 0.3 is 0 Å². The fourth-order valence-corrected chi connectivity index (χ4v) is 8.61. The molecule has 55 heavy (non-hydrogen) atoms. The Bertz CT molecular complexity index is 2810. The van der Waals surface area contributed by atoms with Crippen LogP contribution in [0.15, 0.2) is 206 Å². The molecular weight excluding hydrogens is 665 g/mol. The Labute approximate surface area is 323 Å². The van der Waals surface area contributed by atoms with Crippen LogP contribution in [0.3, 0.4) is 0 Å². The van der Waals surface area contributed by atoms with Gasteiger partial charge in [-0.2, -0.15) is 0 Å². The van der Waals surface area contributed by atoms with Gasteiger partial charge in [-0.25, -0.2) is 0 Å². The lowest BCUT2D eigenvalue weighted by molar-refractivity contribution is 0.660. The van der Waals surface area contributed by atoms with E-state index in [1.807, 2.05) is 0 Å². The molecule has 1 heterocycles. The van der Waals surface area contributed by atoms with Crippen LogP contribution in [-0.2, 0) is 5.41 Å². The summed E-state index contributed by atoms with van der Waals surface area (Å²) in [4.78, 5) is 2.37. The lowest BCUT2D eigenvalue weighted by atomic mass is 9.82. The predicted octanol–water partition coefficient (Wildman–Crippen LogP) is 14.4. The van der Waals surface area contributed by atoms with Gasteiger partial charge < -0.3 is 9.47 Å². The summed E-state index contributed by atoms with van der Waals surface area (Å²) in [6.07, 6.45) is 2.30. The van der Waals surface area contributed by atoms with Gasteiger partial charge in [-0.15, -0.1) is 0 Å². The molecule has 1 aromatic heterocycles. The molecule has 2 heteroatoms. The van der Waals surface area contributed by atoms with Gasteiger partial charge in [-0.1, -0.05) is 147 Å². The summed E-state index contributed by atoms with van der Waals surface area (Å²) in [5.41, 5.74) is 18.3. The SMILES string of the molecule is CC1(C)c2ccccc2-c2cc(N(c3ccccc3)c3ccc(-c4cccc(-c5cn(-c6ccccc6)c6ccc(-c7ccccc7)cc56)c4)cc3)ccc21. The van der Waals surface area contributed by atoms with Gasteiger partial charge in [0.1, 0.15) is 0 Å². The van der Waals surface area contributed by atoms with E-state index in [1.165, 1.54) is 66.5 Å². The van der Waals surface area contributed by atoms with Crippen molar-refractivity contribution in [3.8, 4) is 50.2 Å². The molecular formula is C53H40N2. The van der Waals surface area contributed by atoms with Crippen LogP contribution in [0.1, 0.15) is 25.0 Å². The third-order valence-electron chi connectivity index (χ3n) is 11.4. The van der Waals surface area contributed by atoms with Crippen LogP contribution in [0.4, 0.5) is 17.1 Å². The Morgan fingerprint density at radius 2 is 0.945 bits per heavy atom. The van der Waals surface area contributed by atoms with Gasteiger partial charge in [0.15, 0.2) is 0 Å². The molecule has 262 valence electrons. The van der Waals surface area contributed by atoms with Crippen molar-refractivity contribution >= 4 is 28.0 Å². The number of anilines is 3. The Hall–Kier alpha value is -6.90. The zero-order valence-electron chi connectivity index (χ0n) is 31.0. The van der Waals surface area contributed by atoms with Gasteiger partial charge in [0.2, 0.25) is 0 Å². The minimum Gasteiger partial charge on any atom is -0.316 e. The Morgan fingerprint density at radius 3 is 1.73 bits per heavy atom. The van der Waals surface area contributed by atoms with Crippen LogP contribution in [-0.4, -0.2) is 4.57 Å². The highest BCUT2D eigenvalue weighted by Gasteiger charge is 2.35. The molecule has 0 amide bonds. The van der Waals surface area contributed by atoms with Crippen molar-refractivity contribution in [3.05, 3.63) is 218 Å². The number of rotatable bonds is 7. The molecule has 0 atom stereocenters. The Morgan fingerprint density at radius 1 is 0.382 bits per heavy atom. The second kappa shape index (κ2) is 13.2. The molecule has 0 saturated heterocycles. The first-order valence-corrected chi connectivity index (χ1v) is 19.1. The quantitative estimate of drug-likeness (QED) is 0.160. The van der Waals surface area contributed by atoms with Crippen molar-refractivity contribution in [1.82, 2.24) is 4.57 Å². The number of benzene rings is 8. The van der Waals surface area contributed by atoms with Gasteiger partial charge in [0.25, 0.3) is 0 Å². The molecule has 0 spiro atoms. The second-order valence-corrected chi connectivity index (χ2v) is 15.0. The molecule has 1 aliphatic rings. The van der Waals surface area contributed by atoms with Crippen LogP contribution in [0.2, 0.25) is 0 Å². The van der Waals surface area contributed by atoms with E-state index < -0.39 is 0 Å². The molecule has 1 aliphatic carbocycles. The van der Waals surface area contributed by atoms with Gasteiger partial charge in [-0.05, 0) is 117 Å². The molecule has 0 unspecified atom stereocenters. The molecule has 9 aromatic rings. The van der Waals surface area contributed by atoms with Crippen molar-refractivity contribution in [2.75, 3.05) is 4.90 Å². The standard InChI is InChI=1S/C53H40N2/c1-53(2)50-24-13-12-23-46(50)47-35-45(30-31-51(47)53)55(43-21-10-5-11-22-43)44-28-25-38(26-29-44)39-17-14-18-41(33-39)49-36-54(42-19-8-4-9-20-42)52-32-27-40(34-48(49)52)37-15-6-3-7-16-37/h3-36H,1-2H3. The van der Waals surface area contributed by atoms with E-state index in [4.69, 9.17) is 0 Å². The third-order valence-corrected chi connectivity index (χ3v) is 11.4. The maximum absolute atomic E-state index is 2.38. The monoisotopic (exact) mass is 704 g/mol. The van der Waals surface area contributed by atoms with Crippen molar-refractivity contribution in [3.63, 3.8) is 0 Å². The molecule has 0 saturated carbocycles. The molecule has 10 rings (SSSR count). The predicted molar refractivity (Wildman–Crippen MR) is 232 cm³/mol. The second-order valence-electron chi connectivity index (χ2n) is 15.0. The number of hydrogen-bond donors (Lipinski definition) is 0. The number of nitrogens with zero attached hydrogens (tertiary/aromatic N) is 2. The average molecular weight is 705 g/mol. The lowest BCUT2D eigenvalue weighted by Gasteiger charge is -2.27. The van der Waals surface area contributed by atoms with Crippen LogP contribution in [0.25, 0.3) is 61.1 Å². The fraction of sp³-hybridized carbons (Fsp3) is 0.0566. The summed E-state index contributed by atoms with van der Waals surface area (Å²) < 4.78 is 2.32. The summed E-state index contributed by atoms with van der Waals surface area (Å²) >= 11 is 0. The van der Waals surface area contributed by atoms with Crippen LogP contribution in [0, 0.1) is 0 Å². The summed E-state index contributed by atoms with van der Waals surface area (Å²) in [5, 5.41) is 1.23. The number of hydrogen-bond acceptors (Lipinski definition) is 1.